The van der Waals surface area contributed by atoms with Gasteiger partial charge >= 0.3 is 0 Å². The highest BCUT2D eigenvalue weighted by molar-refractivity contribution is 8.01. The molecule has 6 rings (SSSR count). The Labute approximate surface area is 134 Å². The largest absolute Gasteiger partial charge is 0.122 e. The molecule has 0 aromatic heterocycles. The molecule has 106 valence electrons. The highest BCUT2D eigenvalue weighted by Gasteiger charge is 2.73. The van der Waals surface area contributed by atoms with Gasteiger partial charge in [-0.2, -0.15) is 0 Å². The first-order valence-electron chi connectivity index (χ1n) is 7.85. The van der Waals surface area contributed by atoms with Gasteiger partial charge in [0.25, 0.3) is 0 Å². The van der Waals surface area contributed by atoms with Gasteiger partial charge in [0.05, 0.1) is 0 Å². The van der Waals surface area contributed by atoms with Crippen molar-refractivity contribution >= 4 is 23.5 Å². The molecular formula is C19H18S2. The Morgan fingerprint density at radius 1 is 0.619 bits per heavy atom. The molecule has 0 radical (unpaired) electrons. The Morgan fingerprint density at radius 3 is 1.52 bits per heavy atom. The second-order valence-electron chi connectivity index (χ2n) is 6.51. The van der Waals surface area contributed by atoms with E-state index in [1.807, 2.05) is 0 Å². The molecule has 2 heteroatoms. The van der Waals surface area contributed by atoms with E-state index in [0.29, 0.717) is 0 Å². The van der Waals surface area contributed by atoms with E-state index in [1.165, 1.54) is 16.2 Å². The fourth-order valence-electron chi connectivity index (χ4n) is 4.65. The van der Waals surface area contributed by atoms with Crippen LogP contribution in [0.5, 0.6) is 0 Å². The van der Waals surface area contributed by atoms with Crippen molar-refractivity contribution in [3.05, 3.63) is 60.7 Å². The third kappa shape index (κ3) is 1.99. The van der Waals surface area contributed by atoms with Crippen LogP contribution < -0.4 is 0 Å². The van der Waals surface area contributed by atoms with E-state index >= 15 is 0 Å². The standard InChI is InChI=1S/C19H18S2/c1-3-7-12(8-4-1)20-18-15-11-14-16(18)17(14)19(15)21-13-9-5-2-6-10-13/h1-10,14-19H,11H2/t14?,15?,16?,17?,18-,19+. The first-order valence-corrected chi connectivity index (χ1v) is 9.61. The van der Waals surface area contributed by atoms with Gasteiger partial charge in [-0.15, -0.1) is 23.5 Å². The highest BCUT2D eigenvalue weighted by Crippen LogP contribution is 2.76. The lowest BCUT2D eigenvalue weighted by atomic mass is 10.1. The molecule has 4 aliphatic carbocycles. The van der Waals surface area contributed by atoms with Crippen LogP contribution in [-0.2, 0) is 0 Å². The van der Waals surface area contributed by atoms with Gasteiger partial charge in [0.2, 0.25) is 0 Å². The van der Waals surface area contributed by atoms with Crippen molar-refractivity contribution in [1.29, 1.82) is 0 Å². The Morgan fingerprint density at radius 2 is 1.10 bits per heavy atom. The van der Waals surface area contributed by atoms with E-state index in [4.69, 9.17) is 0 Å². The fourth-order valence-corrected chi connectivity index (χ4v) is 8.00. The van der Waals surface area contributed by atoms with Crippen LogP contribution in [0.1, 0.15) is 6.42 Å². The third-order valence-electron chi connectivity index (χ3n) is 5.47. The van der Waals surface area contributed by atoms with Crippen molar-refractivity contribution in [3.63, 3.8) is 0 Å². The number of hydrogen-bond acceptors (Lipinski definition) is 2. The second-order valence-corrected chi connectivity index (χ2v) is 9.01. The minimum Gasteiger partial charge on any atom is -0.122 e. The monoisotopic (exact) mass is 310 g/mol. The Bertz CT molecular complexity index is 584. The van der Waals surface area contributed by atoms with Crippen molar-refractivity contribution in [1.82, 2.24) is 0 Å². The molecule has 4 fully saturated rings. The van der Waals surface area contributed by atoms with E-state index in [2.05, 4.69) is 84.2 Å². The minimum absolute atomic E-state index is 0.878. The summed E-state index contributed by atoms with van der Waals surface area (Å²) < 4.78 is 0. The van der Waals surface area contributed by atoms with E-state index < -0.39 is 0 Å². The first kappa shape index (κ1) is 12.7. The molecule has 0 spiro atoms. The minimum atomic E-state index is 0.878. The van der Waals surface area contributed by atoms with Crippen LogP contribution in [-0.4, -0.2) is 10.5 Å². The molecular weight excluding hydrogens is 292 g/mol. The lowest BCUT2D eigenvalue weighted by molar-refractivity contribution is 0.626. The van der Waals surface area contributed by atoms with Crippen molar-refractivity contribution in [2.24, 2.45) is 23.7 Å². The van der Waals surface area contributed by atoms with Gasteiger partial charge < -0.3 is 0 Å². The maximum Gasteiger partial charge on any atom is 0.0168 e. The average molecular weight is 310 g/mol. The summed E-state index contributed by atoms with van der Waals surface area (Å²) >= 11 is 4.30. The zero-order valence-corrected chi connectivity index (χ0v) is 13.4. The number of benzene rings is 2. The summed E-state index contributed by atoms with van der Waals surface area (Å²) in [5.41, 5.74) is 0. The van der Waals surface area contributed by atoms with Gasteiger partial charge in [0, 0.05) is 20.3 Å². The topological polar surface area (TPSA) is 0 Å². The summed E-state index contributed by atoms with van der Waals surface area (Å²) in [7, 11) is 0. The molecule has 0 aliphatic heterocycles. The molecule has 0 heterocycles. The zero-order valence-electron chi connectivity index (χ0n) is 11.8. The maximum absolute atomic E-state index is 2.27. The predicted octanol–water partition coefficient (Wildman–Crippen LogP) is 5.20. The maximum atomic E-state index is 2.27. The molecule has 0 amide bonds. The predicted molar refractivity (Wildman–Crippen MR) is 90.8 cm³/mol. The van der Waals surface area contributed by atoms with Crippen LogP contribution in [0.25, 0.3) is 0 Å². The summed E-state index contributed by atoms with van der Waals surface area (Å²) in [6.45, 7) is 0. The Kier molecular flexibility index (Phi) is 2.91. The van der Waals surface area contributed by atoms with Gasteiger partial charge in [0.1, 0.15) is 0 Å². The summed E-state index contributed by atoms with van der Waals surface area (Å²) in [5, 5.41) is 1.76. The molecule has 21 heavy (non-hydrogen) atoms. The quantitative estimate of drug-likeness (QED) is 0.761. The summed E-state index contributed by atoms with van der Waals surface area (Å²) in [5.74, 6) is 4.01. The summed E-state index contributed by atoms with van der Waals surface area (Å²) in [6.07, 6.45) is 1.49. The third-order valence-corrected chi connectivity index (χ3v) is 8.43. The van der Waals surface area contributed by atoms with Crippen LogP contribution in [0.4, 0.5) is 0 Å². The second kappa shape index (κ2) is 4.82. The molecule has 4 bridgehead atoms. The molecule has 2 aromatic carbocycles. The molecule has 4 saturated carbocycles. The number of thioether (sulfide) groups is 2. The van der Waals surface area contributed by atoms with Crippen molar-refractivity contribution < 1.29 is 0 Å². The molecule has 2 aromatic rings. The van der Waals surface area contributed by atoms with Gasteiger partial charge in [-0.3, -0.25) is 0 Å². The van der Waals surface area contributed by atoms with Crippen LogP contribution in [0.3, 0.4) is 0 Å². The van der Waals surface area contributed by atoms with Crippen LogP contribution in [0, 0.1) is 23.7 Å². The van der Waals surface area contributed by atoms with Crippen LogP contribution in [0.2, 0.25) is 0 Å². The van der Waals surface area contributed by atoms with E-state index in [1.54, 1.807) is 0 Å². The van der Waals surface area contributed by atoms with Crippen molar-refractivity contribution in [2.75, 3.05) is 0 Å². The van der Waals surface area contributed by atoms with Crippen molar-refractivity contribution in [2.45, 2.75) is 26.7 Å². The molecule has 0 nitrogen and oxygen atoms in total. The lowest BCUT2D eigenvalue weighted by Gasteiger charge is -2.20. The van der Waals surface area contributed by atoms with Crippen LogP contribution in [0.15, 0.2) is 70.5 Å². The summed E-state index contributed by atoms with van der Waals surface area (Å²) in [4.78, 5) is 2.92. The first-order chi connectivity index (χ1) is 10.4. The van der Waals surface area contributed by atoms with E-state index in [0.717, 1.165) is 34.2 Å². The molecule has 6 atom stereocenters. The lowest BCUT2D eigenvalue weighted by Crippen LogP contribution is -2.15. The van der Waals surface area contributed by atoms with Crippen molar-refractivity contribution in [3.8, 4) is 0 Å². The van der Waals surface area contributed by atoms with Crippen LogP contribution >= 0.6 is 23.5 Å². The van der Waals surface area contributed by atoms with E-state index in [9.17, 15) is 0 Å². The van der Waals surface area contributed by atoms with Gasteiger partial charge in [-0.25, -0.2) is 0 Å². The van der Waals surface area contributed by atoms with Gasteiger partial charge in [-0.1, -0.05) is 36.4 Å². The highest BCUT2D eigenvalue weighted by atomic mass is 32.2. The number of hydrogen-bond donors (Lipinski definition) is 0. The fraction of sp³-hybridized carbons (Fsp3) is 0.368. The smallest absolute Gasteiger partial charge is 0.0168 e. The molecule has 4 unspecified atom stereocenters. The average Bonchev–Trinajstić information content (AvgIpc) is 2.79. The normalized spacial score (nSPS) is 38.7. The van der Waals surface area contributed by atoms with Gasteiger partial charge in [0.15, 0.2) is 0 Å². The zero-order chi connectivity index (χ0) is 13.8. The SMILES string of the molecule is c1ccc(S[C@@H]2C3C4CC2[C@@H](Sc2ccccc2)C43)cc1. The summed E-state index contributed by atoms with van der Waals surface area (Å²) in [6, 6.07) is 22.0. The van der Waals surface area contributed by atoms with Gasteiger partial charge in [-0.05, 0) is 54.4 Å². The van der Waals surface area contributed by atoms with E-state index in [-0.39, 0.29) is 0 Å². The molecule has 0 N–H and O–H groups in total. The molecule has 4 aliphatic rings. The number of rotatable bonds is 4. The Hall–Kier alpha value is -0.860. The molecule has 0 saturated heterocycles. The Balaban J connectivity index is 1.34.